The van der Waals surface area contributed by atoms with Crippen molar-refractivity contribution in [3.63, 3.8) is 0 Å². The molecule has 0 saturated heterocycles. The normalized spacial score (nSPS) is 18.0. The minimum Gasteiger partial charge on any atom is -0.399 e. The SMILES string of the molecule is Nc1cc(N)c2c(c1)C(c1ccc(C(F)(F)F)cc1)NCC2. The highest BCUT2D eigenvalue weighted by atomic mass is 19.4. The van der Waals surface area contributed by atoms with E-state index in [2.05, 4.69) is 5.32 Å². The van der Waals surface area contributed by atoms with Crippen molar-refractivity contribution in [2.24, 2.45) is 0 Å². The first-order chi connectivity index (χ1) is 10.4. The van der Waals surface area contributed by atoms with Crippen molar-refractivity contribution in [1.29, 1.82) is 0 Å². The third kappa shape index (κ3) is 2.62. The molecule has 116 valence electrons. The van der Waals surface area contributed by atoms with E-state index in [0.29, 0.717) is 17.9 Å². The van der Waals surface area contributed by atoms with E-state index in [1.54, 1.807) is 6.07 Å². The Balaban J connectivity index is 2.01. The van der Waals surface area contributed by atoms with E-state index in [1.165, 1.54) is 12.1 Å². The molecule has 2 aromatic carbocycles. The van der Waals surface area contributed by atoms with Gasteiger partial charge in [0.15, 0.2) is 0 Å². The van der Waals surface area contributed by atoms with E-state index in [0.717, 1.165) is 35.2 Å². The molecule has 0 aromatic heterocycles. The van der Waals surface area contributed by atoms with Crippen LogP contribution in [-0.2, 0) is 12.6 Å². The molecule has 0 fully saturated rings. The van der Waals surface area contributed by atoms with Crippen LogP contribution in [0.3, 0.4) is 0 Å². The minimum atomic E-state index is -4.33. The Morgan fingerprint density at radius 3 is 2.36 bits per heavy atom. The van der Waals surface area contributed by atoms with Crippen molar-refractivity contribution in [2.45, 2.75) is 18.6 Å². The molecule has 0 amide bonds. The van der Waals surface area contributed by atoms with Crippen molar-refractivity contribution in [3.8, 4) is 0 Å². The number of anilines is 2. The van der Waals surface area contributed by atoms with Gasteiger partial charge >= 0.3 is 6.18 Å². The number of nitrogens with two attached hydrogens (primary N) is 2. The summed E-state index contributed by atoms with van der Waals surface area (Å²) in [5.41, 5.74) is 15.1. The van der Waals surface area contributed by atoms with Gasteiger partial charge in [-0.3, -0.25) is 0 Å². The van der Waals surface area contributed by atoms with Gasteiger partial charge in [0.05, 0.1) is 11.6 Å². The number of benzene rings is 2. The van der Waals surface area contributed by atoms with Crippen LogP contribution in [0.2, 0.25) is 0 Å². The van der Waals surface area contributed by atoms with Crippen molar-refractivity contribution >= 4 is 11.4 Å². The number of nitrogen functional groups attached to an aromatic ring is 2. The van der Waals surface area contributed by atoms with Crippen LogP contribution < -0.4 is 16.8 Å². The fraction of sp³-hybridized carbons (Fsp3) is 0.250. The molecule has 3 nitrogen and oxygen atoms in total. The predicted octanol–water partition coefficient (Wildman–Crippen LogP) is 3.10. The second-order valence-corrected chi connectivity index (χ2v) is 5.43. The molecule has 0 bridgehead atoms. The zero-order valence-corrected chi connectivity index (χ0v) is 11.7. The fourth-order valence-corrected chi connectivity index (χ4v) is 2.90. The Kier molecular flexibility index (Phi) is 3.48. The maximum atomic E-state index is 12.7. The maximum absolute atomic E-state index is 12.7. The van der Waals surface area contributed by atoms with Crippen molar-refractivity contribution < 1.29 is 13.2 Å². The van der Waals surface area contributed by atoms with E-state index < -0.39 is 11.7 Å². The quantitative estimate of drug-likeness (QED) is 0.709. The molecule has 1 aliphatic rings. The van der Waals surface area contributed by atoms with Gasteiger partial charge in [-0.15, -0.1) is 0 Å². The van der Waals surface area contributed by atoms with Crippen LogP contribution >= 0.6 is 0 Å². The van der Waals surface area contributed by atoms with Crippen LogP contribution in [0, 0.1) is 0 Å². The molecule has 0 radical (unpaired) electrons. The van der Waals surface area contributed by atoms with Gasteiger partial charge < -0.3 is 16.8 Å². The largest absolute Gasteiger partial charge is 0.416 e. The van der Waals surface area contributed by atoms with Gasteiger partial charge in [0, 0.05) is 17.9 Å². The summed E-state index contributed by atoms with van der Waals surface area (Å²) in [6.07, 6.45) is -3.55. The summed E-state index contributed by atoms with van der Waals surface area (Å²) in [6, 6.07) is 8.54. The molecule has 3 rings (SSSR count). The molecule has 2 aromatic rings. The average molecular weight is 307 g/mol. The Bertz CT molecular complexity index is 693. The molecular weight excluding hydrogens is 291 g/mol. The molecule has 1 unspecified atom stereocenters. The van der Waals surface area contributed by atoms with Crippen molar-refractivity contribution in [1.82, 2.24) is 5.32 Å². The van der Waals surface area contributed by atoms with E-state index in [4.69, 9.17) is 11.5 Å². The molecule has 1 atom stereocenters. The maximum Gasteiger partial charge on any atom is 0.416 e. The van der Waals surface area contributed by atoms with E-state index in [-0.39, 0.29) is 6.04 Å². The van der Waals surface area contributed by atoms with Crippen molar-refractivity contribution in [2.75, 3.05) is 18.0 Å². The number of fused-ring (bicyclic) bond motifs is 1. The summed E-state index contributed by atoms with van der Waals surface area (Å²) >= 11 is 0. The Morgan fingerprint density at radius 2 is 1.73 bits per heavy atom. The molecule has 5 N–H and O–H groups in total. The smallest absolute Gasteiger partial charge is 0.399 e. The zero-order chi connectivity index (χ0) is 15.9. The predicted molar refractivity (Wildman–Crippen MR) is 80.3 cm³/mol. The van der Waals surface area contributed by atoms with Crippen LogP contribution in [0.1, 0.15) is 28.3 Å². The van der Waals surface area contributed by atoms with Crippen LogP contribution in [-0.4, -0.2) is 6.54 Å². The molecule has 22 heavy (non-hydrogen) atoms. The zero-order valence-electron chi connectivity index (χ0n) is 11.7. The van der Waals surface area contributed by atoms with Gasteiger partial charge in [0.2, 0.25) is 0 Å². The van der Waals surface area contributed by atoms with E-state index in [1.807, 2.05) is 6.07 Å². The van der Waals surface area contributed by atoms with Crippen LogP contribution in [0.4, 0.5) is 24.5 Å². The number of halogens is 3. The van der Waals surface area contributed by atoms with Gasteiger partial charge in [0.25, 0.3) is 0 Å². The number of hydrogen-bond acceptors (Lipinski definition) is 3. The summed E-state index contributed by atoms with van der Waals surface area (Å²) < 4.78 is 38.0. The number of alkyl halides is 3. The first kappa shape index (κ1) is 14.7. The van der Waals surface area contributed by atoms with Crippen molar-refractivity contribution in [3.05, 3.63) is 58.7 Å². The van der Waals surface area contributed by atoms with Crippen LogP contribution in [0.15, 0.2) is 36.4 Å². The summed E-state index contributed by atoms with van der Waals surface area (Å²) in [7, 11) is 0. The molecule has 0 spiro atoms. The number of hydrogen-bond donors (Lipinski definition) is 3. The van der Waals surface area contributed by atoms with E-state index in [9.17, 15) is 13.2 Å². The van der Waals surface area contributed by atoms with Gasteiger partial charge in [0.1, 0.15) is 0 Å². The highest BCUT2D eigenvalue weighted by Gasteiger charge is 2.31. The van der Waals surface area contributed by atoms with Gasteiger partial charge in [-0.25, -0.2) is 0 Å². The monoisotopic (exact) mass is 307 g/mol. The minimum absolute atomic E-state index is 0.197. The van der Waals surface area contributed by atoms with Crippen LogP contribution in [0.5, 0.6) is 0 Å². The van der Waals surface area contributed by atoms with Crippen LogP contribution in [0.25, 0.3) is 0 Å². The summed E-state index contributed by atoms with van der Waals surface area (Å²) in [5, 5.41) is 3.31. The Labute approximate surface area is 126 Å². The average Bonchev–Trinajstić information content (AvgIpc) is 2.46. The van der Waals surface area contributed by atoms with Gasteiger partial charge in [-0.1, -0.05) is 12.1 Å². The fourth-order valence-electron chi connectivity index (χ4n) is 2.90. The molecule has 6 heteroatoms. The molecule has 0 aliphatic carbocycles. The molecule has 1 heterocycles. The standard InChI is InChI=1S/C16H16F3N3/c17-16(18,19)10-3-1-9(2-4-10)15-13-7-11(20)8-14(21)12(13)5-6-22-15/h1-4,7-8,15,22H,5-6,20-21H2. The van der Waals surface area contributed by atoms with Gasteiger partial charge in [-0.05, 0) is 47.4 Å². The highest BCUT2D eigenvalue weighted by molar-refractivity contribution is 5.63. The first-order valence-corrected chi connectivity index (χ1v) is 6.94. The van der Waals surface area contributed by atoms with Gasteiger partial charge in [-0.2, -0.15) is 13.2 Å². The summed E-state index contributed by atoms with van der Waals surface area (Å²) in [6.45, 7) is 0.715. The lowest BCUT2D eigenvalue weighted by Crippen LogP contribution is -2.31. The number of nitrogens with one attached hydrogen (secondary N) is 1. The third-order valence-corrected chi connectivity index (χ3v) is 3.95. The Hall–Kier alpha value is -2.21. The molecule has 0 saturated carbocycles. The highest BCUT2D eigenvalue weighted by Crippen LogP contribution is 2.35. The summed E-state index contributed by atoms with van der Waals surface area (Å²) in [4.78, 5) is 0. The lowest BCUT2D eigenvalue weighted by atomic mass is 9.88. The lowest BCUT2D eigenvalue weighted by Gasteiger charge is -2.29. The second-order valence-electron chi connectivity index (χ2n) is 5.43. The second kappa shape index (κ2) is 5.21. The topological polar surface area (TPSA) is 64.1 Å². The molecule has 1 aliphatic heterocycles. The molecular formula is C16H16F3N3. The third-order valence-electron chi connectivity index (χ3n) is 3.95. The summed E-state index contributed by atoms with van der Waals surface area (Å²) in [5.74, 6) is 0. The lowest BCUT2D eigenvalue weighted by molar-refractivity contribution is -0.137. The Morgan fingerprint density at radius 1 is 1.05 bits per heavy atom. The first-order valence-electron chi connectivity index (χ1n) is 6.94. The van der Waals surface area contributed by atoms with E-state index >= 15 is 0 Å². The number of rotatable bonds is 1.